The number of rotatable bonds is 8. The summed E-state index contributed by atoms with van der Waals surface area (Å²) >= 11 is 0. The van der Waals surface area contributed by atoms with Crippen molar-refractivity contribution >= 4 is 0 Å². The van der Waals surface area contributed by atoms with Crippen LogP contribution in [0.5, 0.6) is 0 Å². The fraction of sp³-hybridized carbons (Fsp3) is 1.00. The Hall–Kier alpha value is -0.120. The van der Waals surface area contributed by atoms with Crippen molar-refractivity contribution < 1.29 is 0 Å². The summed E-state index contributed by atoms with van der Waals surface area (Å²) in [4.78, 5) is 7.15. The van der Waals surface area contributed by atoms with E-state index in [0.29, 0.717) is 6.04 Å². The second-order valence-corrected chi connectivity index (χ2v) is 4.77. The van der Waals surface area contributed by atoms with Crippen molar-refractivity contribution in [2.45, 2.75) is 26.8 Å². The van der Waals surface area contributed by atoms with Gasteiger partial charge in [0.25, 0.3) is 0 Å². The zero-order chi connectivity index (χ0) is 11.8. The number of hydrogen-bond acceptors (Lipinski definition) is 3. The van der Waals surface area contributed by atoms with Gasteiger partial charge >= 0.3 is 0 Å². The molecule has 15 heavy (non-hydrogen) atoms. The largest absolute Gasteiger partial charge is 0.305 e. The highest BCUT2D eigenvalue weighted by Crippen LogP contribution is 1.94. The van der Waals surface area contributed by atoms with Gasteiger partial charge in [0, 0.05) is 32.2 Å². The second kappa shape index (κ2) is 8.08. The van der Waals surface area contributed by atoms with Gasteiger partial charge in [-0.1, -0.05) is 6.92 Å². The van der Waals surface area contributed by atoms with Crippen molar-refractivity contribution in [3.63, 3.8) is 0 Å². The lowest BCUT2D eigenvalue weighted by atomic mass is 10.3. The van der Waals surface area contributed by atoms with Crippen LogP contribution in [0.25, 0.3) is 0 Å². The van der Waals surface area contributed by atoms with E-state index in [0.717, 1.165) is 26.2 Å². The van der Waals surface area contributed by atoms with E-state index in [2.05, 4.69) is 56.6 Å². The average molecular weight is 215 g/mol. The molecule has 0 N–H and O–H groups in total. The molecule has 0 bridgehead atoms. The van der Waals surface area contributed by atoms with Crippen LogP contribution >= 0.6 is 0 Å². The Morgan fingerprint density at radius 1 is 0.800 bits per heavy atom. The molecule has 0 atom stereocenters. The standard InChI is InChI=1S/C12H29N3/c1-7-13(4)8-9-14(5)10-11-15(6)12(2)3/h12H,7-11H2,1-6H3. The number of likely N-dealkylation sites (N-methyl/N-ethyl adjacent to an activating group) is 3. The summed E-state index contributed by atoms with van der Waals surface area (Å²) < 4.78 is 0. The highest BCUT2D eigenvalue weighted by atomic mass is 15.2. The molecule has 0 amide bonds. The summed E-state index contributed by atoms with van der Waals surface area (Å²) in [5.41, 5.74) is 0. The van der Waals surface area contributed by atoms with Crippen LogP contribution in [0, 0.1) is 0 Å². The van der Waals surface area contributed by atoms with Gasteiger partial charge in [-0.05, 0) is 41.5 Å². The Bertz CT molecular complexity index is 148. The fourth-order valence-corrected chi connectivity index (χ4v) is 1.20. The molecular formula is C12H29N3. The van der Waals surface area contributed by atoms with Gasteiger partial charge in [0.05, 0.1) is 0 Å². The minimum absolute atomic E-state index is 0.650. The lowest BCUT2D eigenvalue weighted by Crippen LogP contribution is -2.37. The monoisotopic (exact) mass is 215 g/mol. The molecular weight excluding hydrogens is 186 g/mol. The maximum Gasteiger partial charge on any atom is 0.0109 e. The number of hydrogen-bond donors (Lipinski definition) is 0. The van der Waals surface area contributed by atoms with E-state index in [4.69, 9.17) is 0 Å². The highest BCUT2D eigenvalue weighted by molar-refractivity contribution is 4.61. The second-order valence-electron chi connectivity index (χ2n) is 4.77. The van der Waals surface area contributed by atoms with Gasteiger partial charge in [0.15, 0.2) is 0 Å². The SMILES string of the molecule is CCN(C)CCN(C)CCN(C)C(C)C. The molecule has 0 saturated carbocycles. The molecule has 0 rings (SSSR count). The molecule has 0 aliphatic carbocycles. The minimum Gasteiger partial charge on any atom is -0.305 e. The van der Waals surface area contributed by atoms with Crippen molar-refractivity contribution in [1.82, 2.24) is 14.7 Å². The maximum absolute atomic E-state index is 2.41. The molecule has 0 spiro atoms. The zero-order valence-electron chi connectivity index (χ0n) is 11.5. The molecule has 0 fully saturated rings. The average Bonchev–Trinajstić information content (AvgIpc) is 2.21. The molecule has 0 aliphatic heterocycles. The van der Waals surface area contributed by atoms with E-state index in [1.54, 1.807) is 0 Å². The lowest BCUT2D eigenvalue weighted by Gasteiger charge is -2.25. The van der Waals surface area contributed by atoms with Gasteiger partial charge in [0.1, 0.15) is 0 Å². The van der Waals surface area contributed by atoms with Crippen LogP contribution in [0.15, 0.2) is 0 Å². The summed E-state index contributed by atoms with van der Waals surface area (Å²) in [5, 5.41) is 0. The Kier molecular flexibility index (Phi) is 8.02. The van der Waals surface area contributed by atoms with Crippen LogP contribution in [0.1, 0.15) is 20.8 Å². The summed E-state index contributed by atoms with van der Waals surface area (Å²) in [6.45, 7) is 12.5. The van der Waals surface area contributed by atoms with Gasteiger partial charge in [-0.2, -0.15) is 0 Å². The molecule has 0 aromatic carbocycles. The van der Waals surface area contributed by atoms with Crippen molar-refractivity contribution in [2.75, 3.05) is 53.9 Å². The molecule has 0 unspecified atom stereocenters. The molecule has 0 radical (unpaired) electrons. The van der Waals surface area contributed by atoms with Crippen LogP contribution in [0.3, 0.4) is 0 Å². The minimum atomic E-state index is 0.650. The van der Waals surface area contributed by atoms with Crippen LogP contribution in [-0.4, -0.2) is 74.6 Å². The summed E-state index contributed by atoms with van der Waals surface area (Å²) in [5.74, 6) is 0. The summed E-state index contributed by atoms with van der Waals surface area (Å²) in [6.07, 6.45) is 0. The molecule has 3 heteroatoms. The normalized spacial score (nSPS) is 12.4. The van der Waals surface area contributed by atoms with E-state index in [-0.39, 0.29) is 0 Å². The smallest absolute Gasteiger partial charge is 0.0109 e. The van der Waals surface area contributed by atoms with E-state index in [9.17, 15) is 0 Å². The first kappa shape index (κ1) is 14.9. The van der Waals surface area contributed by atoms with Crippen molar-refractivity contribution in [3.05, 3.63) is 0 Å². The van der Waals surface area contributed by atoms with Gasteiger partial charge < -0.3 is 14.7 Å². The first-order valence-corrected chi connectivity index (χ1v) is 6.04. The van der Waals surface area contributed by atoms with Crippen LogP contribution < -0.4 is 0 Å². The van der Waals surface area contributed by atoms with Crippen LogP contribution in [0.4, 0.5) is 0 Å². The van der Waals surface area contributed by atoms with E-state index in [1.165, 1.54) is 6.54 Å². The van der Waals surface area contributed by atoms with Crippen molar-refractivity contribution in [3.8, 4) is 0 Å². The zero-order valence-corrected chi connectivity index (χ0v) is 11.5. The van der Waals surface area contributed by atoms with Gasteiger partial charge in [-0.3, -0.25) is 0 Å². The van der Waals surface area contributed by atoms with E-state index < -0.39 is 0 Å². The molecule has 0 aromatic heterocycles. The van der Waals surface area contributed by atoms with Gasteiger partial charge in [-0.25, -0.2) is 0 Å². The Labute approximate surface area is 96.0 Å². The van der Waals surface area contributed by atoms with Crippen LogP contribution in [0.2, 0.25) is 0 Å². The van der Waals surface area contributed by atoms with Crippen molar-refractivity contribution in [1.29, 1.82) is 0 Å². The Balaban J connectivity index is 3.52. The molecule has 3 nitrogen and oxygen atoms in total. The Morgan fingerprint density at radius 2 is 1.27 bits per heavy atom. The van der Waals surface area contributed by atoms with Crippen molar-refractivity contribution in [2.24, 2.45) is 0 Å². The highest BCUT2D eigenvalue weighted by Gasteiger charge is 2.05. The number of nitrogens with zero attached hydrogens (tertiary/aromatic N) is 3. The topological polar surface area (TPSA) is 9.72 Å². The predicted molar refractivity (Wildman–Crippen MR) is 68.4 cm³/mol. The molecule has 0 saturated heterocycles. The van der Waals surface area contributed by atoms with Gasteiger partial charge in [0.2, 0.25) is 0 Å². The Morgan fingerprint density at radius 3 is 1.73 bits per heavy atom. The third-order valence-electron chi connectivity index (χ3n) is 3.12. The molecule has 0 heterocycles. The summed E-state index contributed by atoms with van der Waals surface area (Å²) in [6, 6.07) is 0.650. The first-order chi connectivity index (χ1) is 6.97. The summed E-state index contributed by atoms with van der Waals surface area (Å²) in [7, 11) is 6.57. The van der Waals surface area contributed by atoms with Crippen LogP contribution in [-0.2, 0) is 0 Å². The fourth-order valence-electron chi connectivity index (χ4n) is 1.20. The maximum atomic E-state index is 2.41. The van der Waals surface area contributed by atoms with E-state index >= 15 is 0 Å². The third-order valence-corrected chi connectivity index (χ3v) is 3.12. The molecule has 92 valence electrons. The van der Waals surface area contributed by atoms with Gasteiger partial charge in [-0.15, -0.1) is 0 Å². The molecule has 0 aliphatic rings. The predicted octanol–water partition coefficient (Wildman–Crippen LogP) is 1.21. The lowest BCUT2D eigenvalue weighted by molar-refractivity contribution is 0.209. The molecule has 0 aromatic rings. The quantitative estimate of drug-likeness (QED) is 0.602. The van der Waals surface area contributed by atoms with E-state index in [1.807, 2.05) is 0 Å². The first-order valence-electron chi connectivity index (χ1n) is 6.04. The third kappa shape index (κ3) is 7.77.